The van der Waals surface area contributed by atoms with Gasteiger partial charge in [-0.15, -0.1) is 0 Å². The van der Waals surface area contributed by atoms with Gasteiger partial charge >= 0.3 is 0 Å². The third-order valence-corrected chi connectivity index (χ3v) is 5.92. The monoisotopic (exact) mass is 477 g/mol. The summed E-state index contributed by atoms with van der Waals surface area (Å²) in [6, 6.07) is 18.1. The molecule has 180 valence electrons. The number of rotatable bonds is 8. The van der Waals surface area contributed by atoms with Crippen molar-refractivity contribution in [1.29, 1.82) is 10.8 Å². The maximum atomic E-state index is 13.0. The molecular weight excluding hydrogens is 450 g/mol. The summed E-state index contributed by atoms with van der Waals surface area (Å²) < 4.78 is 0. The molecule has 0 fully saturated rings. The molecule has 0 radical (unpaired) electrons. The number of aromatic nitrogens is 3. The van der Waals surface area contributed by atoms with Crippen molar-refractivity contribution >= 4 is 29.5 Å². The third-order valence-electron chi connectivity index (χ3n) is 5.92. The van der Waals surface area contributed by atoms with Gasteiger partial charge in [0.2, 0.25) is 0 Å². The van der Waals surface area contributed by atoms with Gasteiger partial charge < -0.3 is 5.32 Å². The van der Waals surface area contributed by atoms with Crippen molar-refractivity contribution in [2.24, 2.45) is 0 Å². The van der Waals surface area contributed by atoms with Crippen LogP contribution < -0.4 is 10.2 Å². The minimum Gasteiger partial charge on any atom is -0.321 e. The maximum absolute atomic E-state index is 13.0. The number of carbonyl (C=O) groups excluding carboxylic acids is 1. The molecule has 0 aliphatic heterocycles. The van der Waals surface area contributed by atoms with Crippen LogP contribution in [0.25, 0.3) is 11.1 Å². The molecule has 0 aliphatic rings. The van der Waals surface area contributed by atoms with E-state index in [1.165, 1.54) is 4.90 Å². The summed E-state index contributed by atoms with van der Waals surface area (Å²) in [4.78, 5) is 27.2. The fourth-order valence-electron chi connectivity index (χ4n) is 3.65. The molecule has 1 aromatic carbocycles. The number of carbonyl (C=O) groups is 1. The van der Waals surface area contributed by atoms with Gasteiger partial charge in [-0.25, -0.2) is 0 Å². The molecule has 36 heavy (non-hydrogen) atoms. The minimum atomic E-state index is -0.360. The Morgan fingerprint density at radius 1 is 1.03 bits per heavy atom. The molecule has 8 nitrogen and oxygen atoms in total. The van der Waals surface area contributed by atoms with Gasteiger partial charge in [-0.3, -0.25) is 35.5 Å². The van der Waals surface area contributed by atoms with Gasteiger partial charge in [-0.2, -0.15) is 0 Å². The number of hydrogen-bond acceptors (Lipinski definition) is 6. The van der Waals surface area contributed by atoms with Crippen molar-refractivity contribution in [2.45, 2.75) is 26.2 Å². The molecule has 1 amide bonds. The van der Waals surface area contributed by atoms with E-state index in [4.69, 9.17) is 10.8 Å². The van der Waals surface area contributed by atoms with Gasteiger partial charge in [0, 0.05) is 41.1 Å². The fraction of sp³-hybridized carbons (Fsp3) is 0.143. The lowest BCUT2D eigenvalue weighted by Crippen LogP contribution is -2.29. The molecule has 3 heterocycles. The summed E-state index contributed by atoms with van der Waals surface area (Å²) in [6.07, 6.45) is 8.73. The number of pyridine rings is 3. The highest BCUT2D eigenvalue weighted by Crippen LogP contribution is 2.23. The van der Waals surface area contributed by atoms with E-state index in [2.05, 4.69) is 34.1 Å². The topological polar surface area (TPSA) is 119 Å². The van der Waals surface area contributed by atoms with E-state index < -0.39 is 0 Å². The van der Waals surface area contributed by atoms with E-state index >= 15 is 0 Å². The van der Waals surface area contributed by atoms with Crippen LogP contribution in [-0.2, 0) is 0 Å². The Kier molecular flexibility index (Phi) is 7.55. The number of amidine groups is 1. The molecule has 1 unspecified atom stereocenters. The van der Waals surface area contributed by atoms with Crippen LogP contribution >= 0.6 is 0 Å². The molecular formula is C28H27N7O. The lowest BCUT2D eigenvalue weighted by atomic mass is 10.0. The summed E-state index contributed by atoms with van der Waals surface area (Å²) in [5.41, 5.74) is 4.74. The normalized spacial score (nSPS) is 11.4. The Hall–Kier alpha value is -4.72. The van der Waals surface area contributed by atoms with Gasteiger partial charge in [0.05, 0.1) is 18.2 Å². The Morgan fingerprint density at radius 2 is 1.89 bits per heavy atom. The lowest BCUT2D eigenvalue weighted by molar-refractivity contribution is 0.102. The smallest absolute Gasteiger partial charge is 0.274 e. The van der Waals surface area contributed by atoms with Crippen molar-refractivity contribution in [2.75, 3.05) is 10.2 Å². The van der Waals surface area contributed by atoms with E-state index in [1.54, 1.807) is 61.1 Å². The summed E-state index contributed by atoms with van der Waals surface area (Å²) >= 11 is 0. The number of nitrogens with zero attached hydrogens (tertiary/aromatic N) is 4. The van der Waals surface area contributed by atoms with E-state index in [1.807, 2.05) is 24.4 Å². The Balaban J connectivity index is 1.51. The van der Waals surface area contributed by atoms with E-state index in [9.17, 15) is 4.79 Å². The first-order chi connectivity index (χ1) is 17.5. The number of hydrogen-bond donors (Lipinski definition) is 3. The molecule has 0 aliphatic carbocycles. The zero-order chi connectivity index (χ0) is 25.5. The van der Waals surface area contributed by atoms with Crippen molar-refractivity contribution in [3.05, 3.63) is 102 Å². The van der Waals surface area contributed by atoms with E-state index in [0.717, 1.165) is 29.6 Å². The lowest BCUT2D eigenvalue weighted by Gasteiger charge is -2.20. The second kappa shape index (κ2) is 11.1. The minimum absolute atomic E-state index is 0.0857. The van der Waals surface area contributed by atoms with Gasteiger partial charge in [0.1, 0.15) is 11.5 Å². The first-order valence-electron chi connectivity index (χ1n) is 11.6. The van der Waals surface area contributed by atoms with Gasteiger partial charge in [-0.1, -0.05) is 32.0 Å². The SMILES string of the molecule is CCC(C)c1ccc(-c2ccnc(C(=O)Nc3cccc(C(=N)N(C=N)c4cccnc4)c3)c2)cn1. The van der Waals surface area contributed by atoms with Gasteiger partial charge in [0.25, 0.3) is 5.91 Å². The van der Waals surface area contributed by atoms with Crippen LogP contribution in [0.15, 0.2) is 85.5 Å². The van der Waals surface area contributed by atoms with Crippen molar-refractivity contribution < 1.29 is 4.79 Å². The van der Waals surface area contributed by atoms with Crippen molar-refractivity contribution in [3.63, 3.8) is 0 Å². The molecule has 3 N–H and O–H groups in total. The third kappa shape index (κ3) is 5.50. The average Bonchev–Trinajstić information content (AvgIpc) is 2.94. The molecule has 0 bridgehead atoms. The number of benzene rings is 1. The van der Waals surface area contributed by atoms with Gasteiger partial charge in [-0.05, 0) is 60.4 Å². The fourth-order valence-corrected chi connectivity index (χ4v) is 3.65. The van der Waals surface area contributed by atoms with Crippen LogP contribution in [0.3, 0.4) is 0 Å². The molecule has 0 saturated carbocycles. The molecule has 4 aromatic rings. The first-order valence-corrected chi connectivity index (χ1v) is 11.6. The van der Waals surface area contributed by atoms with Crippen LogP contribution in [0.1, 0.15) is 47.9 Å². The quantitative estimate of drug-likeness (QED) is 0.221. The summed E-state index contributed by atoms with van der Waals surface area (Å²) in [5.74, 6) is 0.119. The number of nitrogens with one attached hydrogen (secondary N) is 3. The van der Waals surface area contributed by atoms with Crippen LogP contribution in [-0.4, -0.2) is 33.0 Å². The van der Waals surface area contributed by atoms with Crippen LogP contribution in [0.5, 0.6) is 0 Å². The highest BCUT2D eigenvalue weighted by molar-refractivity contribution is 6.17. The first kappa shape index (κ1) is 24.4. The molecule has 8 heteroatoms. The van der Waals surface area contributed by atoms with Crippen LogP contribution in [0, 0.1) is 10.8 Å². The molecule has 1 atom stereocenters. The van der Waals surface area contributed by atoms with E-state index in [0.29, 0.717) is 22.9 Å². The average molecular weight is 478 g/mol. The van der Waals surface area contributed by atoms with Gasteiger partial charge in [0.15, 0.2) is 0 Å². The molecule has 4 rings (SSSR count). The Labute approximate surface area is 210 Å². The standard InChI is InChI=1S/C28H27N7O/c1-3-19(2)25-10-9-22(16-33-25)20-11-13-32-26(15-20)28(36)34-23-7-4-6-21(14-23)27(30)35(18-29)24-8-5-12-31-17-24/h4-19,29-30H,3H2,1-2H3,(H,34,36). The number of anilines is 2. The molecule has 3 aromatic heterocycles. The Bertz CT molecular complexity index is 1370. The maximum Gasteiger partial charge on any atom is 0.274 e. The highest BCUT2D eigenvalue weighted by Gasteiger charge is 2.15. The molecule has 0 spiro atoms. The second-order valence-corrected chi connectivity index (χ2v) is 8.30. The second-order valence-electron chi connectivity index (χ2n) is 8.30. The summed E-state index contributed by atoms with van der Waals surface area (Å²) in [6.45, 7) is 4.28. The zero-order valence-electron chi connectivity index (χ0n) is 20.1. The summed E-state index contributed by atoms with van der Waals surface area (Å²) in [5, 5.41) is 19.2. The van der Waals surface area contributed by atoms with Crippen LogP contribution in [0.4, 0.5) is 11.4 Å². The summed E-state index contributed by atoms with van der Waals surface area (Å²) in [7, 11) is 0. The predicted octanol–water partition coefficient (Wildman–Crippen LogP) is 5.74. The number of amides is 1. The highest BCUT2D eigenvalue weighted by atomic mass is 16.1. The van der Waals surface area contributed by atoms with Crippen molar-refractivity contribution in [1.82, 2.24) is 15.0 Å². The van der Waals surface area contributed by atoms with Crippen LogP contribution in [0.2, 0.25) is 0 Å². The van der Waals surface area contributed by atoms with E-state index in [-0.39, 0.29) is 17.4 Å². The largest absolute Gasteiger partial charge is 0.321 e. The predicted molar refractivity (Wildman–Crippen MR) is 143 cm³/mol. The van der Waals surface area contributed by atoms with Crippen molar-refractivity contribution in [3.8, 4) is 11.1 Å². The zero-order valence-corrected chi connectivity index (χ0v) is 20.1. The Morgan fingerprint density at radius 3 is 2.58 bits per heavy atom. The molecule has 0 saturated heterocycles.